The van der Waals surface area contributed by atoms with E-state index in [9.17, 15) is 0 Å². The molecule has 1 saturated heterocycles. The molecule has 1 aliphatic heterocycles. The fourth-order valence-corrected chi connectivity index (χ4v) is 3.49. The Hall–Kier alpha value is -1.72. The summed E-state index contributed by atoms with van der Waals surface area (Å²) in [5.74, 6) is 1.19. The average molecular weight is 363 g/mol. The van der Waals surface area contributed by atoms with Crippen molar-refractivity contribution in [1.29, 1.82) is 0 Å². The summed E-state index contributed by atoms with van der Waals surface area (Å²) < 4.78 is 5.43. The maximum Gasteiger partial charge on any atom is 0.227 e. The van der Waals surface area contributed by atoms with Crippen LogP contribution in [0.15, 0.2) is 28.8 Å². The number of halogens is 1. The first-order chi connectivity index (χ1) is 12.1. The molecule has 6 heteroatoms. The lowest BCUT2D eigenvalue weighted by atomic mass is 10.0. The summed E-state index contributed by atoms with van der Waals surface area (Å²) in [5.41, 5.74) is 3.55. The molecule has 2 aromatic rings. The molecule has 2 heterocycles. The Morgan fingerprint density at radius 1 is 1.16 bits per heavy atom. The molecule has 0 bridgehead atoms. The van der Waals surface area contributed by atoms with Crippen LogP contribution in [0.2, 0.25) is 5.02 Å². The molecular formula is C19H27ClN4O. The number of nitrogens with one attached hydrogen (secondary N) is 1. The van der Waals surface area contributed by atoms with Crippen LogP contribution in [0, 0.1) is 0 Å². The number of aromatic nitrogens is 1. The summed E-state index contributed by atoms with van der Waals surface area (Å²) in [5, 5.41) is 8.15. The molecule has 0 spiro atoms. The maximum absolute atomic E-state index is 5.98. The van der Waals surface area contributed by atoms with E-state index in [0.717, 1.165) is 55.7 Å². The average Bonchev–Trinajstić information content (AvgIpc) is 3.04. The van der Waals surface area contributed by atoms with E-state index in [0.29, 0.717) is 5.92 Å². The fourth-order valence-electron chi connectivity index (χ4n) is 3.36. The van der Waals surface area contributed by atoms with Crippen LogP contribution in [0.1, 0.15) is 31.0 Å². The molecule has 5 nitrogen and oxygen atoms in total. The summed E-state index contributed by atoms with van der Waals surface area (Å²) in [6, 6.07) is 8.12. The van der Waals surface area contributed by atoms with Gasteiger partial charge in [0.25, 0.3) is 0 Å². The predicted molar refractivity (Wildman–Crippen MR) is 104 cm³/mol. The normalized spacial score (nSPS) is 15.8. The highest BCUT2D eigenvalue weighted by molar-refractivity contribution is 6.30. The second kappa shape index (κ2) is 8.11. The van der Waals surface area contributed by atoms with Crippen molar-refractivity contribution in [2.24, 2.45) is 0 Å². The zero-order valence-corrected chi connectivity index (χ0v) is 16.0. The third-order valence-corrected chi connectivity index (χ3v) is 5.09. The van der Waals surface area contributed by atoms with E-state index in [1.165, 1.54) is 11.3 Å². The molecule has 1 fully saturated rings. The quantitative estimate of drug-likeness (QED) is 0.845. The maximum atomic E-state index is 5.98. The number of rotatable bonds is 6. The van der Waals surface area contributed by atoms with Crippen LogP contribution in [-0.2, 0) is 6.42 Å². The Labute approximate surface area is 154 Å². The predicted octanol–water partition coefficient (Wildman–Crippen LogP) is 3.86. The molecule has 1 aromatic carbocycles. The van der Waals surface area contributed by atoms with Gasteiger partial charge in [-0.1, -0.05) is 30.6 Å². The van der Waals surface area contributed by atoms with Gasteiger partial charge in [0.15, 0.2) is 0 Å². The van der Waals surface area contributed by atoms with Gasteiger partial charge in [-0.15, -0.1) is 0 Å². The number of hydrogen-bond acceptors (Lipinski definition) is 5. The number of benzene rings is 1. The number of piperazine rings is 1. The van der Waals surface area contributed by atoms with Gasteiger partial charge < -0.3 is 14.7 Å². The Morgan fingerprint density at radius 2 is 1.84 bits per heavy atom. The molecule has 0 radical (unpaired) electrons. The number of nitrogens with zero attached hydrogens (tertiary/aromatic N) is 3. The zero-order chi connectivity index (χ0) is 17.8. The van der Waals surface area contributed by atoms with E-state index in [4.69, 9.17) is 16.1 Å². The monoisotopic (exact) mass is 362 g/mol. The number of hydrogen-bond donors (Lipinski definition) is 1. The van der Waals surface area contributed by atoms with Gasteiger partial charge in [-0.05, 0) is 36.6 Å². The summed E-state index contributed by atoms with van der Waals surface area (Å²) >= 11 is 5.98. The van der Waals surface area contributed by atoms with Crippen LogP contribution in [0.3, 0.4) is 0 Å². The molecule has 0 unspecified atom stereocenters. The lowest BCUT2D eigenvalue weighted by Crippen LogP contribution is -2.47. The van der Waals surface area contributed by atoms with E-state index in [1.54, 1.807) is 0 Å². The van der Waals surface area contributed by atoms with Crippen molar-refractivity contribution in [1.82, 2.24) is 10.1 Å². The first kappa shape index (κ1) is 18.1. The van der Waals surface area contributed by atoms with Gasteiger partial charge in [0.05, 0.1) is 5.69 Å². The highest BCUT2D eigenvalue weighted by Crippen LogP contribution is 2.26. The third-order valence-electron chi connectivity index (χ3n) is 4.83. The number of anilines is 2. The van der Waals surface area contributed by atoms with Gasteiger partial charge in [0, 0.05) is 56.0 Å². The Kier molecular flexibility index (Phi) is 5.86. The smallest absolute Gasteiger partial charge is 0.227 e. The molecule has 3 rings (SSSR count). The summed E-state index contributed by atoms with van der Waals surface area (Å²) in [6.45, 7) is 9.57. The molecule has 25 heavy (non-hydrogen) atoms. The summed E-state index contributed by atoms with van der Waals surface area (Å²) in [4.78, 5) is 4.94. The second-order valence-corrected chi connectivity index (χ2v) is 7.27. The van der Waals surface area contributed by atoms with Gasteiger partial charge in [0.2, 0.25) is 5.88 Å². The first-order valence-electron chi connectivity index (χ1n) is 8.97. The molecule has 0 saturated carbocycles. The zero-order valence-electron chi connectivity index (χ0n) is 15.3. The van der Waals surface area contributed by atoms with Crippen LogP contribution in [-0.4, -0.2) is 49.8 Å². The van der Waals surface area contributed by atoms with Crippen molar-refractivity contribution < 1.29 is 4.52 Å². The molecule has 1 aliphatic rings. The topological polar surface area (TPSA) is 44.5 Å². The van der Waals surface area contributed by atoms with Crippen LogP contribution in [0.25, 0.3) is 0 Å². The Bertz CT molecular complexity index is 675. The molecule has 0 atom stereocenters. The molecule has 136 valence electrons. The molecule has 1 N–H and O–H groups in total. The Morgan fingerprint density at radius 3 is 2.44 bits per heavy atom. The van der Waals surface area contributed by atoms with E-state index in [1.807, 2.05) is 19.2 Å². The van der Waals surface area contributed by atoms with Gasteiger partial charge in [0.1, 0.15) is 0 Å². The largest absolute Gasteiger partial charge is 0.369 e. The third kappa shape index (κ3) is 4.28. The molecular weight excluding hydrogens is 336 g/mol. The highest BCUT2D eigenvalue weighted by atomic mass is 35.5. The Balaban J connectivity index is 1.55. The standard InChI is InChI=1S/C19H27ClN4O/c1-14(2)18-17(19(21-3)25-22-18)8-9-23-10-12-24(13-11-23)16-6-4-15(20)5-7-16/h4-7,14,21H,8-13H2,1-3H3. The van der Waals surface area contributed by atoms with Crippen LogP contribution < -0.4 is 10.2 Å². The SMILES string of the molecule is CNc1onc(C(C)C)c1CCN1CCN(c2ccc(Cl)cc2)CC1. The highest BCUT2D eigenvalue weighted by Gasteiger charge is 2.21. The van der Waals surface area contributed by atoms with Crippen molar-refractivity contribution in [2.45, 2.75) is 26.2 Å². The van der Waals surface area contributed by atoms with Crippen molar-refractivity contribution in [3.8, 4) is 0 Å². The molecule has 0 aliphatic carbocycles. The van der Waals surface area contributed by atoms with Gasteiger partial charge >= 0.3 is 0 Å². The first-order valence-corrected chi connectivity index (χ1v) is 9.35. The van der Waals surface area contributed by atoms with Crippen molar-refractivity contribution in [3.05, 3.63) is 40.5 Å². The van der Waals surface area contributed by atoms with Gasteiger partial charge in [-0.25, -0.2) is 0 Å². The van der Waals surface area contributed by atoms with E-state index in [2.05, 4.69) is 46.3 Å². The minimum absolute atomic E-state index is 0.377. The fraction of sp³-hybridized carbons (Fsp3) is 0.526. The minimum Gasteiger partial charge on any atom is -0.369 e. The van der Waals surface area contributed by atoms with E-state index >= 15 is 0 Å². The van der Waals surface area contributed by atoms with Gasteiger partial charge in [-0.3, -0.25) is 4.90 Å². The van der Waals surface area contributed by atoms with E-state index < -0.39 is 0 Å². The van der Waals surface area contributed by atoms with Crippen LogP contribution in [0.4, 0.5) is 11.6 Å². The van der Waals surface area contributed by atoms with Crippen molar-refractivity contribution in [2.75, 3.05) is 50.0 Å². The second-order valence-electron chi connectivity index (χ2n) is 6.84. The van der Waals surface area contributed by atoms with E-state index in [-0.39, 0.29) is 0 Å². The lowest BCUT2D eigenvalue weighted by molar-refractivity contribution is 0.261. The summed E-state index contributed by atoms with van der Waals surface area (Å²) in [7, 11) is 1.89. The lowest BCUT2D eigenvalue weighted by Gasteiger charge is -2.36. The van der Waals surface area contributed by atoms with Gasteiger partial charge in [-0.2, -0.15) is 0 Å². The molecule has 0 amide bonds. The van der Waals surface area contributed by atoms with Crippen molar-refractivity contribution in [3.63, 3.8) is 0 Å². The van der Waals surface area contributed by atoms with Crippen LogP contribution in [0.5, 0.6) is 0 Å². The van der Waals surface area contributed by atoms with Crippen LogP contribution >= 0.6 is 11.6 Å². The minimum atomic E-state index is 0.377. The summed E-state index contributed by atoms with van der Waals surface area (Å²) in [6.07, 6.45) is 0.966. The van der Waals surface area contributed by atoms with Crippen molar-refractivity contribution >= 4 is 23.2 Å². The molecule has 1 aromatic heterocycles.